The zero-order valence-corrected chi connectivity index (χ0v) is 13.9. The Morgan fingerprint density at radius 3 is 2.86 bits per heavy atom. The highest BCUT2D eigenvalue weighted by molar-refractivity contribution is 7.22. The summed E-state index contributed by atoms with van der Waals surface area (Å²) in [4.78, 5) is 16.6. The highest BCUT2D eigenvalue weighted by Crippen LogP contribution is 2.30. The molecule has 112 valence electrons. The Kier molecular flexibility index (Phi) is 4.14. The van der Waals surface area contributed by atoms with Crippen LogP contribution in [0.15, 0.2) is 36.4 Å². The number of fused-ring (bicyclic) bond motifs is 1. The van der Waals surface area contributed by atoms with Crippen LogP contribution in [0.5, 0.6) is 0 Å². The Hall–Kier alpha value is -1.91. The fourth-order valence-corrected chi connectivity index (χ4v) is 3.48. The van der Waals surface area contributed by atoms with E-state index in [1.54, 1.807) is 6.07 Å². The summed E-state index contributed by atoms with van der Waals surface area (Å²) >= 11 is 7.54. The number of benzene rings is 2. The van der Waals surface area contributed by atoms with Crippen LogP contribution in [-0.4, -0.2) is 10.9 Å². The molecule has 0 spiro atoms. The number of thiazole rings is 1. The summed E-state index contributed by atoms with van der Waals surface area (Å²) < 4.78 is 0.967. The average molecular weight is 331 g/mol. The van der Waals surface area contributed by atoms with Crippen molar-refractivity contribution in [2.75, 3.05) is 5.32 Å². The summed E-state index contributed by atoms with van der Waals surface area (Å²) in [5.74, 6) is -0.0659. The van der Waals surface area contributed by atoms with Gasteiger partial charge in [-0.2, -0.15) is 0 Å². The van der Waals surface area contributed by atoms with Crippen molar-refractivity contribution in [3.8, 4) is 0 Å². The van der Waals surface area contributed by atoms with Crippen LogP contribution in [0.1, 0.15) is 16.7 Å². The van der Waals surface area contributed by atoms with E-state index in [2.05, 4.69) is 10.3 Å². The number of para-hydroxylation sites is 1. The molecule has 0 saturated heterocycles. The molecule has 1 heterocycles. The fourth-order valence-electron chi connectivity index (χ4n) is 2.30. The number of hydrogen-bond donors (Lipinski definition) is 1. The van der Waals surface area contributed by atoms with Gasteiger partial charge in [-0.05, 0) is 37.1 Å². The summed E-state index contributed by atoms with van der Waals surface area (Å²) in [5, 5.41) is 4.05. The minimum Gasteiger partial charge on any atom is -0.302 e. The van der Waals surface area contributed by atoms with Gasteiger partial charge in [-0.15, -0.1) is 0 Å². The summed E-state index contributed by atoms with van der Waals surface area (Å²) in [6.45, 7) is 4.04. The first-order chi connectivity index (χ1) is 10.5. The van der Waals surface area contributed by atoms with E-state index in [4.69, 9.17) is 11.6 Å². The van der Waals surface area contributed by atoms with Gasteiger partial charge < -0.3 is 5.32 Å². The van der Waals surface area contributed by atoms with Gasteiger partial charge in [0.2, 0.25) is 5.91 Å². The molecule has 3 nitrogen and oxygen atoms in total. The molecule has 0 unspecified atom stereocenters. The molecule has 0 aliphatic rings. The van der Waals surface area contributed by atoms with E-state index in [0.29, 0.717) is 16.6 Å². The molecule has 0 fully saturated rings. The lowest BCUT2D eigenvalue weighted by Gasteiger charge is -2.06. The molecule has 1 aromatic heterocycles. The fraction of sp³-hybridized carbons (Fsp3) is 0.176. The van der Waals surface area contributed by atoms with Crippen molar-refractivity contribution in [3.05, 3.63) is 58.1 Å². The molecule has 2 aromatic carbocycles. The van der Waals surface area contributed by atoms with Crippen LogP contribution < -0.4 is 5.32 Å². The maximum absolute atomic E-state index is 12.2. The molecule has 1 N–H and O–H groups in total. The van der Waals surface area contributed by atoms with Crippen molar-refractivity contribution >= 4 is 44.2 Å². The van der Waals surface area contributed by atoms with Crippen LogP contribution in [0.4, 0.5) is 5.13 Å². The van der Waals surface area contributed by atoms with Crippen molar-refractivity contribution in [2.24, 2.45) is 0 Å². The van der Waals surface area contributed by atoms with Crippen molar-refractivity contribution in [1.82, 2.24) is 4.98 Å². The zero-order chi connectivity index (χ0) is 15.7. The highest BCUT2D eigenvalue weighted by atomic mass is 35.5. The largest absolute Gasteiger partial charge is 0.302 e. The first-order valence-corrected chi connectivity index (χ1v) is 8.13. The molecule has 3 rings (SSSR count). The van der Waals surface area contributed by atoms with Crippen molar-refractivity contribution in [2.45, 2.75) is 20.3 Å². The monoisotopic (exact) mass is 330 g/mol. The van der Waals surface area contributed by atoms with Crippen LogP contribution >= 0.6 is 22.9 Å². The third kappa shape index (κ3) is 3.13. The minimum absolute atomic E-state index is 0.0659. The van der Waals surface area contributed by atoms with Crippen LogP contribution in [0.2, 0.25) is 5.02 Å². The summed E-state index contributed by atoms with van der Waals surface area (Å²) in [7, 11) is 0. The number of aromatic nitrogens is 1. The van der Waals surface area contributed by atoms with E-state index in [-0.39, 0.29) is 5.91 Å². The molecule has 5 heteroatoms. The lowest BCUT2D eigenvalue weighted by Crippen LogP contribution is -2.14. The van der Waals surface area contributed by atoms with E-state index in [1.165, 1.54) is 11.3 Å². The molecule has 0 aliphatic carbocycles. The van der Waals surface area contributed by atoms with E-state index < -0.39 is 0 Å². The molecule has 1 amide bonds. The molecule has 3 aromatic rings. The van der Waals surface area contributed by atoms with Crippen LogP contribution in [-0.2, 0) is 11.2 Å². The smallest absolute Gasteiger partial charge is 0.230 e. The number of hydrogen-bond acceptors (Lipinski definition) is 3. The first-order valence-electron chi connectivity index (χ1n) is 6.94. The Labute approximate surface area is 138 Å². The molecular formula is C17H15ClN2OS. The lowest BCUT2D eigenvalue weighted by molar-refractivity contribution is -0.115. The van der Waals surface area contributed by atoms with Gasteiger partial charge in [0, 0.05) is 0 Å². The number of nitrogens with zero attached hydrogens (tertiary/aromatic N) is 1. The quantitative estimate of drug-likeness (QED) is 0.753. The summed E-state index contributed by atoms with van der Waals surface area (Å²) in [6, 6.07) is 11.8. The zero-order valence-electron chi connectivity index (χ0n) is 12.3. The highest BCUT2D eigenvalue weighted by Gasteiger charge is 2.11. The maximum atomic E-state index is 12.2. The average Bonchev–Trinajstić information content (AvgIpc) is 2.86. The van der Waals surface area contributed by atoms with E-state index >= 15 is 0 Å². The van der Waals surface area contributed by atoms with E-state index in [0.717, 1.165) is 26.9 Å². The minimum atomic E-state index is -0.0659. The van der Waals surface area contributed by atoms with Gasteiger partial charge in [-0.1, -0.05) is 52.8 Å². The Bertz CT molecular complexity index is 857. The molecule has 0 aliphatic heterocycles. The SMILES string of the molecule is Cc1ccc(C)c(CC(=O)Nc2nc3c(Cl)cccc3s2)c1. The number of amides is 1. The second-order valence-corrected chi connectivity index (χ2v) is 6.70. The molecule has 0 saturated carbocycles. The second-order valence-electron chi connectivity index (χ2n) is 5.26. The van der Waals surface area contributed by atoms with Gasteiger partial charge in [0.1, 0.15) is 5.52 Å². The second kappa shape index (κ2) is 6.07. The van der Waals surface area contributed by atoms with Gasteiger partial charge in [-0.3, -0.25) is 4.79 Å². The summed E-state index contributed by atoms with van der Waals surface area (Å²) in [6.07, 6.45) is 0.344. The molecular weight excluding hydrogens is 316 g/mol. The third-order valence-corrected chi connectivity index (χ3v) is 4.71. The van der Waals surface area contributed by atoms with Crippen molar-refractivity contribution in [3.63, 3.8) is 0 Å². The number of aryl methyl sites for hydroxylation is 2. The lowest BCUT2D eigenvalue weighted by atomic mass is 10.0. The third-order valence-electron chi connectivity index (χ3n) is 3.47. The van der Waals surface area contributed by atoms with Crippen molar-refractivity contribution < 1.29 is 4.79 Å². The molecule has 0 bridgehead atoms. The van der Waals surface area contributed by atoms with Crippen LogP contribution in [0, 0.1) is 13.8 Å². The standard InChI is InChI=1S/C17H15ClN2OS/c1-10-6-7-11(2)12(8-10)9-15(21)19-17-20-16-13(18)4-3-5-14(16)22-17/h3-8H,9H2,1-2H3,(H,19,20,21). The molecule has 0 radical (unpaired) electrons. The van der Waals surface area contributed by atoms with Crippen molar-refractivity contribution in [1.29, 1.82) is 0 Å². The predicted octanol–water partition coefficient (Wildman–Crippen LogP) is 4.75. The molecule has 0 atom stereocenters. The Balaban J connectivity index is 1.78. The van der Waals surface area contributed by atoms with Gasteiger partial charge >= 0.3 is 0 Å². The normalized spacial score (nSPS) is 10.9. The van der Waals surface area contributed by atoms with Crippen LogP contribution in [0.3, 0.4) is 0 Å². The topological polar surface area (TPSA) is 42.0 Å². The van der Waals surface area contributed by atoms with Gasteiger partial charge in [0.05, 0.1) is 16.1 Å². The number of anilines is 1. The Morgan fingerprint density at radius 1 is 1.27 bits per heavy atom. The maximum Gasteiger partial charge on any atom is 0.230 e. The van der Waals surface area contributed by atoms with Gasteiger partial charge in [0.15, 0.2) is 5.13 Å². The van der Waals surface area contributed by atoms with Crippen LogP contribution in [0.25, 0.3) is 10.2 Å². The predicted molar refractivity (Wildman–Crippen MR) is 92.9 cm³/mol. The van der Waals surface area contributed by atoms with E-state index in [9.17, 15) is 4.79 Å². The molecule has 22 heavy (non-hydrogen) atoms. The van der Waals surface area contributed by atoms with Gasteiger partial charge in [-0.25, -0.2) is 4.98 Å². The number of rotatable bonds is 3. The van der Waals surface area contributed by atoms with E-state index in [1.807, 2.05) is 44.2 Å². The first kappa shape index (κ1) is 15.0. The number of carbonyl (C=O) groups is 1. The summed E-state index contributed by atoms with van der Waals surface area (Å²) in [5.41, 5.74) is 4.04. The number of halogens is 1. The number of carbonyl (C=O) groups excluding carboxylic acids is 1. The Morgan fingerprint density at radius 2 is 2.09 bits per heavy atom. The van der Waals surface area contributed by atoms with Gasteiger partial charge in [0.25, 0.3) is 0 Å². The number of nitrogens with one attached hydrogen (secondary N) is 1.